The van der Waals surface area contributed by atoms with Gasteiger partial charge in [0.25, 0.3) is 0 Å². The van der Waals surface area contributed by atoms with Crippen molar-refractivity contribution in [3.05, 3.63) is 11.6 Å². The molecule has 0 radical (unpaired) electrons. The molecule has 0 aromatic carbocycles. The Bertz CT molecular complexity index is 720. The second-order valence-electron chi connectivity index (χ2n) is 10.4. The van der Waals surface area contributed by atoms with Gasteiger partial charge in [0.15, 0.2) is 0 Å². The van der Waals surface area contributed by atoms with Crippen LogP contribution >= 0.6 is 0 Å². The van der Waals surface area contributed by atoms with Crippen molar-refractivity contribution in [3.8, 4) is 6.07 Å². The summed E-state index contributed by atoms with van der Waals surface area (Å²) >= 11 is 0. The Morgan fingerprint density at radius 1 is 1.22 bits per heavy atom. The van der Waals surface area contributed by atoms with E-state index in [9.17, 15) is 15.2 Å². The Balaban J connectivity index is 1.70. The van der Waals surface area contributed by atoms with Gasteiger partial charge in [0.1, 0.15) is 5.78 Å². The van der Waals surface area contributed by atoms with Crippen molar-refractivity contribution in [1.29, 1.82) is 5.26 Å². The van der Waals surface area contributed by atoms with Gasteiger partial charge in [-0.05, 0) is 74.0 Å². The molecule has 0 heterocycles. The number of ether oxygens (including phenoxy) is 1. The van der Waals surface area contributed by atoms with Crippen LogP contribution in [-0.2, 0) is 9.53 Å². The van der Waals surface area contributed by atoms with Gasteiger partial charge in [-0.2, -0.15) is 5.26 Å². The van der Waals surface area contributed by atoms with E-state index in [4.69, 9.17) is 4.74 Å². The minimum atomic E-state index is -0.811. The Kier molecular flexibility index (Phi) is 4.37. The number of fused-ring (bicyclic) bond motifs is 5. The number of carbonyl (C=O) groups excluding carboxylic acids is 1. The first-order valence-corrected chi connectivity index (χ1v) is 10.5. The minimum absolute atomic E-state index is 0.0736. The van der Waals surface area contributed by atoms with Crippen molar-refractivity contribution >= 4 is 5.78 Å². The maximum absolute atomic E-state index is 13.5. The minimum Gasteiger partial charge on any atom is -0.387 e. The SMILES string of the molecule is CO[C@H]1C[C@@]2(C)[C@@H](CC[C@@H]3[C@@H]2C(=O)C[C@]2(C)/C(=C\C#N)CC[C@@H]32)C[C@]1(C)O. The monoisotopic (exact) mass is 371 g/mol. The van der Waals surface area contributed by atoms with Crippen LogP contribution in [0, 0.1) is 45.8 Å². The van der Waals surface area contributed by atoms with Crippen molar-refractivity contribution in [2.45, 2.75) is 77.4 Å². The average Bonchev–Trinajstić information content (AvgIpc) is 2.91. The summed E-state index contributed by atoms with van der Waals surface area (Å²) in [7, 11) is 1.68. The van der Waals surface area contributed by atoms with Gasteiger partial charge in [-0.15, -0.1) is 0 Å². The number of aliphatic hydroxyl groups is 1. The van der Waals surface area contributed by atoms with Crippen LogP contribution in [0.2, 0.25) is 0 Å². The average molecular weight is 372 g/mol. The zero-order valence-electron chi connectivity index (χ0n) is 17.1. The summed E-state index contributed by atoms with van der Waals surface area (Å²) < 4.78 is 5.68. The van der Waals surface area contributed by atoms with E-state index >= 15 is 0 Å². The van der Waals surface area contributed by atoms with Crippen molar-refractivity contribution in [2.75, 3.05) is 7.11 Å². The number of nitriles is 1. The zero-order chi connectivity index (χ0) is 19.6. The topological polar surface area (TPSA) is 70.3 Å². The van der Waals surface area contributed by atoms with Gasteiger partial charge in [0, 0.05) is 25.5 Å². The summed E-state index contributed by atoms with van der Waals surface area (Å²) in [5.41, 5.74) is 0.160. The lowest BCUT2D eigenvalue weighted by atomic mass is 9.43. The lowest BCUT2D eigenvalue weighted by Gasteiger charge is -2.61. The van der Waals surface area contributed by atoms with E-state index in [1.54, 1.807) is 13.2 Å². The molecular formula is C23H33NO3. The number of nitrogens with zero attached hydrogens (tertiary/aromatic N) is 1. The summed E-state index contributed by atoms with van der Waals surface area (Å²) in [5, 5.41) is 20.1. The van der Waals surface area contributed by atoms with Crippen molar-refractivity contribution in [2.24, 2.45) is 34.5 Å². The van der Waals surface area contributed by atoms with Gasteiger partial charge in [-0.3, -0.25) is 4.79 Å². The summed E-state index contributed by atoms with van der Waals surface area (Å²) in [5.74, 6) is 1.74. The smallest absolute Gasteiger partial charge is 0.137 e. The quantitative estimate of drug-likeness (QED) is 0.706. The van der Waals surface area contributed by atoms with Crippen molar-refractivity contribution in [3.63, 3.8) is 0 Å². The van der Waals surface area contributed by atoms with E-state index in [2.05, 4.69) is 19.9 Å². The fraction of sp³-hybridized carbons (Fsp3) is 0.826. The number of methoxy groups -OCH3 is 1. The molecular weight excluding hydrogens is 338 g/mol. The van der Waals surface area contributed by atoms with Crippen LogP contribution in [0.25, 0.3) is 0 Å². The molecule has 0 spiro atoms. The molecule has 0 aromatic heterocycles. The van der Waals surface area contributed by atoms with E-state index < -0.39 is 5.60 Å². The molecule has 0 aliphatic heterocycles. The largest absolute Gasteiger partial charge is 0.387 e. The Hall–Kier alpha value is -1.18. The van der Waals surface area contributed by atoms with Crippen molar-refractivity contribution < 1.29 is 14.6 Å². The zero-order valence-corrected chi connectivity index (χ0v) is 17.1. The van der Waals surface area contributed by atoms with Crippen LogP contribution in [-0.4, -0.2) is 29.7 Å². The molecule has 0 amide bonds. The highest BCUT2D eigenvalue weighted by Gasteiger charge is 2.64. The lowest BCUT2D eigenvalue weighted by Crippen LogP contribution is -2.62. The molecule has 0 aromatic rings. The fourth-order valence-corrected chi connectivity index (χ4v) is 7.76. The van der Waals surface area contributed by atoms with E-state index in [1.807, 2.05) is 6.92 Å². The molecule has 148 valence electrons. The first-order chi connectivity index (χ1) is 12.7. The van der Waals surface area contributed by atoms with E-state index in [1.165, 1.54) is 5.57 Å². The molecule has 4 heteroatoms. The fourth-order valence-electron chi connectivity index (χ4n) is 7.76. The number of allylic oxidation sites excluding steroid dienone is 2. The van der Waals surface area contributed by atoms with Crippen LogP contribution in [0.3, 0.4) is 0 Å². The normalized spacial score (nSPS) is 53.4. The maximum atomic E-state index is 13.5. The molecule has 4 rings (SSSR count). The molecule has 0 unspecified atom stereocenters. The summed E-state index contributed by atoms with van der Waals surface area (Å²) in [4.78, 5) is 13.5. The van der Waals surface area contributed by atoms with Gasteiger partial charge in [-0.25, -0.2) is 0 Å². The van der Waals surface area contributed by atoms with Crippen LogP contribution in [0.15, 0.2) is 11.6 Å². The molecule has 8 atom stereocenters. The number of rotatable bonds is 1. The maximum Gasteiger partial charge on any atom is 0.137 e. The van der Waals surface area contributed by atoms with E-state index in [-0.39, 0.29) is 22.9 Å². The van der Waals surface area contributed by atoms with Crippen LogP contribution in [0.1, 0.15) is 65.7 Å². The Labute approximate surface area is 163 Å². The third kappa shape index (κ3) is 2.58. The number of hydrogen-bond donors (Lipinski definition) is 1. The first-order valence-electron chi connectivity index (χ1n) is 10.5. The third-order valence-corrected chi connectivity index (χ3v) is 9.10. The molecule has 4 fully saturated rings. The molecule has 0 saturated heterocycles. The summed E-state index contributed by atoms with van der Waals surface area (Å²) in [6, 6.07) is 2.21. The predicted octanol–water partition coefficient (Wildman–Crippen LogP) is 4.03. The Morgan fingerprint density at radius 2 is 1.96 bits per heavy atom. The van der Waals surface area contributed by atoms with Crippen LogP contribution in [0.4, 0.5) is 0 Å². The van der Waals surface area contributed by atoms with Crippen LogP contribution in [0.5, 0.6) is 0 Å². The highest BCUT2D eigenvalue weighted by molar-refractivity contribution is 5.85. The second-order valence-corrected chi connectivity index (χ2v) is 10.4. The second kappa shape index (κ2) is 6.16. The molecule has 4 nitrogen and oxygen atoms in total. The van der Waals surface area contributed by atoms with Gasteiger partial charge >= 0.3 is 0 Å². The summed E-state index contributed by atoms with van der Waals surface area (Å²) in [6.45, 7) is 6.40. The molecule has 4 aliphatic carbocycles. The Morgan fingerprint density at radius 3 is 2.63 bits per heavy atom. The number of ketones is 1. The number of carbonyl (C=O) groups is 1. The standard InChI is InChI=1S/C23H33NO3/c1-21-12-18(25)20-16(17(21)8-6-14(21)9-10-24)7-5-15-11-23(3,26)19(27-4)13-22(15,20)2/h9,15-17,19-20,26H,5-8,11-13H2,1-4H3/b14-9-/t15-,16-,17-,19-,20+,21+,22-,23-/m0/s1. The molecule has 4 saturated carbocycles. The number of hydrogen-bond acceptors (Lipinski definition) is 4. The van der Waals surface area contributed by atoms with Gasteiger partial charge in [0.2, 0.25) is 0 Å². The first kappa shape index (κ1) is 19.2. The van der Waals surface area contributed by atoms with E-state index in [0.717, 1.165) is 38.5 Å². The van der Waals surface area contributed by atoms with Gasteiger partial charge in [-0.1, -0.05) is 19.4 Å². The highest BCUT2D eigenvalue weighted by Crippen LogP contribution is 2.67. The van der Waals surface area contributed by atoms with Gasteiger partial charge in [0.05, 0.1) is 17.8 Å². The summed E-state index contributed by atoms with van der Waals surface area (Å²) in [6.07, 6.45) is 7.77. The van der Waals surface area contributed by atoms with Crippen molar-refractivity contribution in [1.82, 2.24) is 0 Å². The third-order valence-electron chi connectivity index (χ3n) is 9.10. The molecule has 1 N–H and O–H groups in total. The highest BCUT2D eigenvalue weighted by atomic mass is 16.5. The number of Topliss-reactive ketones (excluding diaryl/α,β-unsaturated/α-hetero) is 1. The van der Waals surface area contributed by atoms with E-state index in [0.29, 0.717) is 30.0 Å². The molecule has 27 heavy (non-hydrogen) atoms. The molecule has 0 bridgehead atoms. The lowest BCUT2D eigenvalue weighted by molar-refractivity contribution is -0.196. The van der Waals surface area contributed by atoms with Gasteiger partial charge < -0.3 is 9.84 Å². The molecule has 4 aliphatic rings. The predicted molar refractivity (Wildman–Crippen MR) is 103 cm³/mol. The van der Waals surface area contributed by atoms with Crippen LogP contribution < -0.4 is 0 Å².